The first-order chi connectivity index (χ1) is 12.8. The Labute approximate surface area is 155 Å². The second-order valence-corrected chi connectivity index (χ2v) is 7.18. The molecule has 4 nitrogen and oxygen atoms in total. The van der Waals surface area contributed by atoms with Gasteiger partial charge in [0.25, 0.3) is 0 Å². The average Bonchev–Trinajstić information content (AvgIpc) is 3.15. The molecule has 2 aromatic rings. The Morgan fingerprint density at radius 2 is 1.77 bits per heavy atom. The summed E-state index contributed by atoms with van der Waals surface area (Å²) in [6.07, 6.45) is 2.40. The monoisotopic (exact) mass is 350 g/mol. The smallest absolute Gasteiger partial charge is 0.222 e. The number of rotatable bonds is 5. The van der Waals surface area contributed by atoms with Crippen LogP contribution in [0.25, 0.3) is 0 Å². The highest BCUT2D eigenvalue weighted by Gasteiger charge is 2.21. The molecule has 4 rings (SSSR count). The average molecular weight is 350 g/mol. The molecule has 0 atom stereocenters. The first kappa shape index (κ1) is 17.1. The van der Waals surface area contributed by atoms with Crippen molar-refractivity contribution in [2.75, 3.05) is 32.8 Å². The first-order valence-corrected chi connectivity index (χ1v) is 9.56. The SMILES string of the molecule is O=C(CCc1ccc2c(c1)CCO2)N1CCN(Cc2ccccc2)CC1. The van der Waals surface area contributed by atoms with Crippen LogP contribution in [-0.4, -0.2) is 48.5 Å². The molecule has 1 fully saturated rings. The van der Waals surface area contributed by atoms with Gasteiger partial charge in [-0.25, -0.2) is 0 Å². The van der Waals surface area contributed by atoms with Crippen molar-refractivity contribution in [3.8, 4) is 5.75 Å². The van der Waals surface area contributed by atoms with Crippen LogP contribution >= 0.6 is 0 Å². The molecule has 2 aliphatic heterocycles. The molecule has 26 heavy (non-hydrogen) atoms. The predicted molar refractivity (Wildman–Crippen MR) is 102 cm³/mol. The molecule has 0 spiro atoms. The highest BCUT2D eigenvalue weighted by Crippen LogP contribution is 2.26. The summed E-state index contributed by atoms with van der Waals surface area (Å²) in [5, 5.41) is 0. The van der Waals surface area contributed by atoms with E-state index in [1.165, 1.54) is 16.7 Å². The number of hydrogen-bond acceptors (Lipinski definition) is 3. The lowest BCUT2D eigenvalue weighted by Crippen LogP contribution is -2.48. The molecule has 0 N–H and O–H groups in total. The van der Waals surface area contributed by atoms with Crippen molar-refractivity contribution in [3.05, 3.63) is 65.2 Å². The molecule has 1 amide bonds. The van der Waals surface area contributed by atoms with E-state index in [1.54, 1.807) is 0 Å². The molecule has 2 heterocycles. The molecule has 4 heteroatoms. The van der Waals surface area contributed by atoms with E-state index in [2.05, 4.69) is 41.3 Å². The minimum atomic E-state index is 0.279. The van der Waals surface area contributed by atoms with Gasteiger partial charge in [-0.15, -0.1) is 0 Å². The van der Waals surface area contributed by atoms with Gasteiger partial charge in [0.2, 0.25) is 5.91 Å². The molecule has 0 unspecified atom stereocenters. The molecule has 0 saturated carbocycles. The van der Waals surface area contributed by atoms with Crippen LogP contribution < -0.4 is 4.74 Å². The Balaban J connectivity index is 1.23. The van der Waals surface area contributed by atoms with Crippen LogP contribution in [0.1, 0.15) is 23.1 Å². The fourth-order valence-corrected chi connectivity index (χ4v) is 3.80. The number of piperazine rings is 1. The standard InChI is InChI=1S/C22H26N2O2/c25-22(9-7-18-6-8-21-20(16-18)10-15-26-21)24-13-11-23(12-14-24)17-19-4-2-1-3-5-19/h1-6,8,16H,7,9-15,17H2. The quantitative estimate of drug-likeness (QED) is 0.831. The second kappa shape index (κ2) is 7.92. The van der Waals surface area contributed by atoms with Crippen molar-refractivity contribution < 1.29 is 9.53 Å². The minimum absolute atomic E-state index is 0.279. The van der Waals surface area contributed by atoms with E-state index in [0.29, 0.717) is 6.42 Å². The van der Waals surface area contributed by atoms with Gasteiger partial charge in [-0.1, -0.05) is 42.5 Å². The van der Waals surface area contributed by atoms with Gasteiger partial charge < -0.3 is 9.64 Å². The number of benzene rings is 2. The fourth-order valence-electron chi connectivity index (χ4n) is 3.80. The van der Waals surface area contributed by atoms with Crippen LogP contribution in [0, 0.1) is 0 Å². The Hall–Kier alpha value is -2.33. The molecule has 0 radical (unpaired) electrons. The molecular formula is C22H26N2O2. The third kappa shape index (κ3) is 4.07. The zero-order chi connectivity index (χ0) is 17.8. The number of ether oxygens (including phenoxy) is 1. The van der Waals surface area contributed by atoms with Gasteiger partial charge in [-0.2, -0.15) is 0 Å². The summed E-state index contributed by atoms with van der Waals surface area (Å²) < 4.78 is 5.55. The molecule has 2 aromatic carbocycles. The van der Waals surface area contributed by atoms with Crippen LogP contribution in [0.3, 0.4) is 0 Å². The number of hydrogen-bond donors (Lipinski definition) is 0. The summed E-state index contributed by atoms with van der Waals surface area (Å²) in [7, 11) is 0. The van der Waals surface area contributed by atoms with Gasteiger partial charge in [-0.05, 0) is 29.2 Å². The number of aryl methyl sites for hydroxylation is 1. The summed E-state index contributed by atoms with van der Waals surface area (Å²) in [6, 6.07) is 16.9. The summed E-state index contributed by atoms with van der Waals surface area (Å²) in [4.78, 5) is 17.0. The van der Waals surface area contributed by atoms with Gasteiger partial charge in [0.1, 0.15) is 5.75 Å². The van der Waals surface area contributed by atoms with Crippen LogP contribution in [-0.2, 0) is 24.2 Å². The highest BCUT2D eigenvalue weighted by molar-refractivity contribution is 5.76. The summed E-state index contributed by atoms with van der Waals surface area (Å²) >= 11 is 0. The Kier molecular flexibility index (Phi) is 5.21. The largest absolute Gasteiger partial charge is 0.493 e. The van der Waals surface area contributed by atoms with Crippen molar-refractivity contribution in [1.29, 1.82) is 0 Å². The maximum Gasteiger partial charge on any atom is 0.222 e. The lowest BCUT2D eigenvalue weighted by molar-refractivity contribution is -0.133. The summed E-state index contributed by atoms with van der Waals surface area (Å²) in [5.41, 5.74) is 3.86. The molecule has 1 saturated heterocycles. The van der Waals surface area contributed by atoms with Gasteiger partial charge >= 0.3 is 0 Å². The molecule has 0 aliphatic carbocycles. The second-order valence-electron chi connectivity index (χ2n) is 7.18. The third-order valence-electron chi connectivity index (χ3n) is 5.36. The minimum Gasteiger partial charge on any atom is -0.493 e. The van der Waals surface area contributed by atoms with Crippen molar-refractivity contribution in [1.82, 2.24) is 9.80 Å². The summed E-state index contributed by atoms with van der Waals surface area (Å²) in [5.74, 6) is 1.29. The number of carbonyl (C=O) groups is 1. The van der Waals surface area contributed by atoms with E-state index in [4.69, 9.17) is 4.74 Å². The number of carbonyl (C=O) groups excluding carboxylic acids is 1. The Morgan fingerprint density at radius 1 is 0.962 bits per heavy atom. The lowest BCUT2D eigenvalue weighted by atomic mass is 10.0. The van der Waals surface area contributed by atoms with Gasteiger partial charge in [0.15, 0.2) is 0 Å². The Bertz CT molecular complexity index is 752. The molecule has 136 valence electrons. The van der Waals surface area contributed by atoms with E-state index in [0.717, 1.165) is 57.9 Å². The highest BCUT2D eigenvalue weighted by atomic mass is 16.5. The molecule has 0 bridgehead atoms. The number of amides is 1. The van der Waals surface area contributed by atoms with E-state index >= 15 is 0 Å². The van der Waals surface area contributed by atoms with E-state index < -0.39 is 0 Å². The van der Waals surface area contributed by atoms with Crippen LogP contribution in [0.2, 0.25) is 0 Å². The van der Waals surface area contributed by atoms with Crippen molar-refractivity contribution in [3.63, 3.8) is 0 Å². The van der Waals surface area contributed by atoms with E-state index in [9.17, 15) is 4.79 Å². The van der Waals surface area contributed by atoms with Crippen LogP contribution in [0.15, 0.2) is 48.5 Å². The fraction of sp³-hybridized carbons (Fsp3) is 0.409. The molecule has 2 aliphatic rings. The van der Waals surface area contributed by atoms with E-state index in [1.807, 2.05) is 17.0 Å². The third-order valence-corrected chi connectivity index (χ3v) is 5.36. The zero-order valence-electron chi connectivity index (χ0n) is 15.2. The molecular weight excluding hydrogens is 324 g/mol. The maximum absolute atomic E-state index is 12.6. The normalized spacial score (nSPS) is 17.0. The van der Waals surface area contributed by atoms with E-state index in [-0.39, 0.29) is 5.91 Å². The Morgan fingerprint density at radius 3 is 2.58 bits per heavy atom. The van der Waals surface area contributed by atoms with Crippen molar-refractivity contribution in [2.24, 2.45) is 0 Å². The first-order valence-electron chi connectivity index (χ1n) is 9.56. The summed E-state index contributed by atoms with van der Waals surface area (Å²) in [6.45, 7) is 5.34. The van der Waals surface area contributed by atoms with Crippen LogP contribution in [0.4, 0.5) is 0 Å². The lowest BCUT2D eigenvalue weighted by Gasteiger charge is -2.34. The number of nitrogens with zero attached hydrogens (tertiary/aromatic N) is 2. The van der Waals surface area contributed by atoms with Gasteiger partial charge in [-0.3, -0.25) is 9.69 Å². The van der Waals surface area contributed by atoms with Crippen molar-refractivity contribution >= 4 is 5.91 Å². The maximum atomic E-state index is 12.6. The van der Waals surface area contributed by atoms with Gasteiger partial charge in [0, 0.05) is 45.6 Å². The predicted octanol–water partition coefficient (Wildman–Crippen LogP) is 2.90. The number of fused-ring (bicyclic) bond motifs is 1. The zero-order valence-corrected chi connectivity index (χ0v) is 15.2. The van der Waals surface area contributed by atoms with Gasteiger partial charge in [0.05, 0.1) is 6.61 Å². The van der Waals surface area contributed by atoms with Crippen LogP contribution in [0.5, 0.6) is 5.75 Å². The topological polar surface area (TPSA) is 32.8 Å². The van der Waals surface area contributed by atoms with Crippen molar-refractivity contribution in [2.45, 2.75) is 25.8 Å². The molecule has 0 aromatic heterocycles.